The van der Waals surface area contributed by atoms with Crippen molar-refractivity contribution >= 4 is 5.91 Å². The van der Waals surface area contributed by atoms with Crippen LogP contribution in [0, 0.1) is 0 Å². The molecule has 0 saturated carbocycles. The number of carbonyl (C=O) groups is 1. The van der Waals surface area contributed by atoms with E-state index in [1.54, 1.807) is 0 Å². The highest BCUT2D eigenvalue weighted by Gasteiger charge is 2.35. The van der Waals surface area contributed by atoms with Gasteiger partial charge in [0.2, 0.25) is 5.89 Å². The Kier molecular flexibility index (Phi) is 5.53. The zero-order chi connectivity index (χ0) is 17.7. The Labute approximate surface area is 136 Å². The Balaban J connectivity index is 1.88. The van der Waals surface area contributed by atoms with Crippen LogP contribution in [-0.4, -0.2) is 27.6 Å². The topological polar surface area (TPSA) is 80.9 Å². The standard InChI is InChI=1S/C15H17F3N4O2/c1-9(2)13-21-12(24-22-13)4-3-6-20-14(23)10-5-7-19-8-11(10)15(16,17)18/h5,7-9H,3-4,6H2,1-2H3,(H,20,23). The number of hydrogen-bond acceptors (Lipinski definition) is 5. The second kappa shape index (κ2) is 7.41. The first-order valence-corrected chi connectivity index (χ1v) is 7.41. The fourth-order valence-electron chi connectivity index (χ4n) is 1.96. The first kappa shape index (κ1) is 17.9. The molecule has 1 N–H and O–H groups in total. The Morgan fingerprint density at radius 3 is 2.75 bits per heavy atom. The van der Waals surface area contributed by atoms with Crippen molar-refractivity contribution in [2.45, 2.75) is 38.8 Å². The lowest BCUT2D eigenvalue weighted by molar-refractivity contribution is -0.138. The van der Waals surface area contributed by atoms with E-state index in [0.717, 1.165) is 12.3 Å². The molecule has 0 aromatic carbocycles. The maximum absolute atomic E-state index is 12.8. The summed E-state index contributed by atoms with van der Waals surface area (Å²) >= 11 is 0. The molecule has 0 spiro atoms. The number of alkyl halides is 3. The van der Waals surface area contributed by atoms with Crippen molar-refractivity contribution in [2.75, 3.05) is 6.54 Å². The molecule has 24 heavy (non-hydrogen) atoms. The van der Waals surface area contributed by atoms with Gasteiger partial charge in [0.15, 0.2) is 5.82 Å². The lowest BCUT2D eigenvalue weighted by Gasteiger charge is -2.11. The van der Waals surface area contributed by atoms with E-state index < -0.39 is 23.2 Å². The number of nitrogens with one attached hydrogen (secondary N) is 1. The number of pyridine rings is 1. The van der Waals surface area contributed by atoms with Gasteiger partial charge in [-0.3, -0.25) is 9.78 Å². The molecule has 0 aliphatic heterocycles. The Bertz CT molecular complexity index is 698. The number of nitrogens with zero attached hydrogens (tertiary/aromatic N) is 3. The lowest BCUT2D eigenvalue weighted by atomic mass is 10.1. The van der Waals surface area contributed by atoms with Gasteiger partial charge in [0.05, 0.1) is 11.1 Å². The van der Waals surface area contributed by atoms with E-state index in [1.807, 2.05) is 13.8 Å². The zero-order valence-corrected chi connectivity index (χ0v) is 13.2. The van der Waals surface area contributed by atoms with Crippen LogP contribution in [0.3, 0.4) is 0 Å². The molecule has 1 amide bonds. The summed E-state index contributed by atoms with van der Waals surface area (Å²) in [5.74, 6) is 0.390. The predicted octanol–water partition coefficient (Wildman–Crippen LogP) is 2.97. The highest BCUT2D eigenvalue weighted by molar-refractivity contribution is 5.95. The number of hydrogen-bond donors (Lipinski definition) is 1. The summed E-state index contributed by atoms with van der Waals surface area (Å²) in [6.07, 6.45) is -1.94. The molecule has 0 saturated heterocycles. The molecular weight excluding hydrogens is 325 g/mol. The van der Waals surface area contributed by atoms with E-state index in [0.29, 0.717) is 30.8 Å². The molecule has 130 valence electrons. The van der Waals surface area contributed by atoms with E-state index in [2.05, 4.69) is 20.4 Å². The Morgan fingerprint density at radius 2 is 2.12 bits per heavy atom. The van der Waals surface area contributed by atoms with Crippen LogP contribution >= 0.6 is 0 Å². The number of rotatable bonds is 6. The SMILES string of the molecule is CC(C)c1noc(CCCNC(=O)c2ccncc2C(F)(F)F)n1. The molecule has 2 heterocycles. The van der Waals surface area contributed by atoms with Gasteiger partial charge in [0, 0.05) is 31.3 Å². The molecule has 0 radical (unpaired) electrons. The van der Waals surface area contributed by atoms with Crippen LogP contribution in [0.15, 0.2) is 23.0 Å². The van der Waals surface area contributed by atoms with E-state index in [4.69, 9.17) is 4.52 Å². The van der Waals surface area contributed by atoms with Crippen molar-refractivity contribution in [3.63, 3.8) is 0 Å². The summed E-state index contributed by atoms with van der Waals surface area (Å²) in [6, 6.07) is 1.05. The monoisotopic (exact) mass is 342 g/mol. The number of amides is 1. The summed E-state index contributed by atoms with van der Waals surface area (Å²) in [6.45, 7) is 4.06. The van der Waals surface area contributed by atoms with Gasteiger partial charge in [0.25, 0.3) is 5.91 Å². The predicted molar refractivity (Wildman–Crippen MR) is 78.3 cm³/mol. The van der Waals surface area contributed by atoms with E-state index >= 15 is 0 Å². The van der Waals surface area contributed by atoms with Crippen molar-refractivity contribution in [2.24, 2.45) is 0 Å². The van der Waals surface area contributed by atoms with Gasteiger partial charge >= 0.3 is 6.18 Å². The van der Waals surface area contributed by atoms with Gasteiger partial charge < -0.3 is 9.84 Å². The average molecular weight is 342 g/mol. The molecule has 6 nitrogen and oxygen atoms in total. The molecule has 0 aliphatic carbocycles. The number of halogens is 3. The van der Waals surface area contributed by atoms with Crippen molar-refractivity contribution in [1.29, 1.82) is 0 Å². The van der Waals surface area contributed by atoms with Gasteiger partial charge in [-0.2, -0.15) is 18.2 Å². The minimum Gasteiger partial charge on any atom is -0.352 e. The van der Waals surface area contributed by atoms with Crippen LogP contribution in [0.4, 0.5) is 13.2 Å². The quantitative estimate of drug-likeness (QED) is 0.816. The van der Waals surface area contributed by atoms with Crippen LogP contribution in [0.2, 0.25) is 0 Å². The van der Waals surface area contributed by atoms with Gasteiger partial charge in [0.1, 0.15) is 0 Å². The maximum atomic E-state index is 12.8. The number of carbonyl (C=O) groups excluding carboxylic acids is 1. The van der Waals surface area contributed by atoms with Gasteiger partial charge in [-0.1, -0.05) is 19.0 Å². The fraction of sp³-hybridized carbons (Fsp3) is 0.467. The summed E-state index contributed by atoms with van der Waals surface area (Å²) < 4.78 is 43.6. The molecule has 2 aromatic heterocycles. The second-order valence-electron chi connectivity index (χ2n) is 5.48. The number of aromatic nitrogens is 3. The normalized spacial score (nSPS) is 11.8. The lowest BCUT2D eigenvalue weighted by Crippen LogP contribution is -2.27. The van der Waals surface area contributed by atoms with E-state index in [1.165, 1.54) is 0 Å². The number of aryl methyl sites for hydroxylation is 1. The van der Waals surface area contributed by atoms with Gasteiger partial charge in [-0.05, 0) is 12.5 Å². The molecule has 9 heteroatoms. The highest BCUT2D eigenvalue weighted by Crippen LogP contribution is 2.31. The molecule has 2 rings (SSSR count). The fourth-order valence-corrected chi connectivity index (χ4v) is 1.96. The molecular formula is C15H17F3N4O2. The summed E-state index contributed by atoms with van der Waals surface area (Å²) in [5.41, 5.74) is -1.50. The molecule has 0 unspecified atom stereocenters. The van der Waals surface area contributed by atoms with Crippen LogP contribution in [0.1, 0.15) is 53.8 Å². The Hall–Kier alpha value is -2.45. The van der Waals surface area contributed by atoms with Crippen molar-refractivity contribution < 1.29 is 22.5 Å². The smallest absolute Gasteiger partial charge is 0.352 e. The van der Waals surface area contributed by atoms with Crippen molar-refractivity contribution in [3.05, 3.63) is 41.3 Å². The van der Waals surface area contributed by atoms with E-state index in [9.17, 15) is 18.0 Å². The third-order valence-corrected chi connectivity index (χ3v) is 3.22. The first-order valence-electron chi connectivity index (χ1n) is 7.41. The zero-order valence-electron chi connectivity index (χ0n) is 13.2. The summed E-state index contributed by atoms with van der Waals surface area (Å²) in [5, 5.41) is 6.27. The molecule has 0 bridgehead atoms. The first-order chi connectivity index (χ1) is 11.3. The largest absolute Gasteiger partial charge is 0.418 e. The highest BCUT2D eigenvalue weighted by atomic mass is 19.4. The summed E-state index contributed by atoms with van der Waals surface area (Å²) in [7, 11) is 0. The van der Waals surface area contributed by atoms with Crippen LogP contribution in [-0.2, 0) is 12.6 Å². The minimum absolute atomic E-state index is 0.148. The molecule has 0 fully saturated rings. The van der Waals surface area contributed by atoms with Crippen molar-refractivity contribution in [1.82, 2.24) is 20.4 Å². The average Bonchev–Trinajstić information content (AvgIpc) is 2.99. The third kappa shape index (κ3) is 4.53. The van der Waals surface area contributed by atoms with E-state index in [-0.39, 0.29) is 12.5 Å². The van der Waals surface area contributed by atoms with Crippen LogP contribution in [0.25, 0.3) is 0 Å². The molecule has 0 aliphatic rings. The van der Waals surface area contributed by atoms with Crippen LogP contribution < -0.4 is 5.32 Å². The third-order valence-electron chi connectivity index (χ3n) is 3.22. The molecule has 2 aromatic rings. The maximum Gasteiger partial charge on any atom is 0.418 e. The van der Waals surface area contributed by atoms with Crippen LogP contribution in [0.5, 0.6) is 0 Å². The van der Waals surface area contributed by atoms with Crippen molar-refractivity contribution in [3.8, 4) is 0 Å². The Morgan fingerprint density at radius 1 is 1.38 bits per heavy atom. The molecule has 0 atom stereocenters. The second-order valence-corrected chi connectivity index (χ2v) is 5.48. The van der Waals surface area contributed by atoms with Gasteiger partial charge in [-0.25, -0.2) is 0 Å². The van der Waals surface area contributed by atoms with Gasteiger partial charge in [-0.15, -0.1) is 0 Å². The summed E-state index contributed by atoms with van der Waals surface area (Å²) in [4.78, 5) is 19.5. The minimum atomic E-state index is -4.63.